The molecule has 224 valence electrons. The van der Waals surface area contributed by atoms with E-state index in [9.17, 15) is 22.8 Å². The summed E-state index contributed by atoms with van der Waals surface area (Å²) in [5.74, 6) is -1.38. The molecule has 0 aliphatic carbocycles. The molecule has 2 aliphatic rings. The molecule has 5 rings (SSSR count). The van der Waals surface area contributed by atoms with Crippen molar-refractivity contribution in [3.63, 3.8) is 0 Å². The zero-order valence-corrected chi connectivity index (χ0v) is 23.2. The number of morpholine rings is 1. The van der Waals surface area contributed by atoms with Gasteiger partial charge in [-0.3, -0.25) is 14.5 Å². The molecule has 0 unspecified atom stereocenters. The summed E-state index contributed by atoms with van der Waals surface area (Å²) in [6.45, 7) is 7.24. The molecule has 2 aliphatic heterocycles. The fourth-order valence-electron chi connectivity index (χ4n) is 5.11. The highest BCUT2D eigenvalue weighted by Gasteiger charge is 2.37. The molecule has 1 aromatic carbocycles. The van der Waals surface area contributed by atoms with Crippen molar-refractivity contribution in [2.45, 2.75) is 32.1 Å². The highest BCUT2D eigenvalue weighted by Crippen LogP contribution is 2.37. The van der Waals surface area contributed by atoms with E-state index >= 15 is 4.39 Å². The van der Waals surface area contributed by atoms with Crippen molar-refractivity contribution in [2.75, 3.05) is 61.6 Å². The van der Waals surface area contributed by atoms with Crippen molar-refractivity contribution in [2.24, 2.45) is 0 Å². The molecule has 1 amide bonds. The van der Waals surface area contributed by atoms with Crippen LogP contribution in [0.4, 0.5) is 34.9 Å². The number of ether oxygens (including phenoxy) is 1. The lowest BCUT2D eigenvalue weighted by Gasteiger charge is -2.44. The summed E-state index contributed by atoms with van der Waals surface area (Å²) in [5.41, 5.74) is -2.89. The average Bonchev–Trinajstić information content (AvgIpc) is 2.96. The number of hydrogen-bond donors (Lipinski definition) is 2. The molecule has 0 saturated carbocycles. The number of piperazine rings is 1. The van der Waals surface area contributed by atoms with Crippen LogP contribution in [-0.4, -0.2) is 89.5 Å². The van der Waals surface area contributed by atoms with Gasteiger partial charge in [0.2, 0.25) is 5.95 Å². The standard InChI is InChI=1S/C27H30F4N8O3/c1-15-13-39(14-16(2)37(15)3)22-10-20(28)18(17-11-32-26(33-12-17)38-4-6-42-7-5-38)8-21(22)34-25(41)24-19(27(29,30)31)9-23(40)35-36-24/h8-12,15-16H,4-7,13-14H2,1-3H3,(H,34,41)(H,35,40)/t15-,16+. The number of benzene rings is 1. The molecule has 2 N–H and O–H groups in total. The van der Waals surface area contributed by atoms with Gasteiger partial charge >= 0.3 is 6.18 Å². The number of likely N-dealkylation sites (N-methyl/N-ethyl adjacent to an activating group) is 1. The Balaban J connectivity index is 1.54. The Morgan fingerprint density at radius 3 is 2.31 bits per heavy atom. The Hall–Kier alpha value is -4.11. The van der Waals surface area contributed by atoms with E-state index in [-0.39, 0.29) is 29.4 Å². The lowest BCUT2D eigenvalue weighted by Crippen LogP contribution is -2.55. The van der Waals surface area contributed by atoms with E-state index in [4.69, 9.17) is 4.74 Å². The Labute approximate surface area is 238 Å². The summed E-state index contributed by atoms with van der Waals surface area (Å²) < 4.78 is 62.0. The molecule has 0 spiro atoms. The smallest absolute Gasteiger partial charge is 0.378 e. The molecule has 0 bridgehead atoms. The summed E-state index contributed by atoms with van der Waals surface area (Å²) in [5, 5.41) is 7.74. The number of alkyl halides is 3. The maximum atomic E-state index is 15.7. The van der Waals surface area contributed by atoms with E-state index in [1.165, 1.54) is 24.5 Å². The first-order chi connectivity index (χ1) is 19.9. The molecule has 0 radical (unpaired) electrons. The van der Waals surface area contributed by atoms with Crippen LogP contribution in [0, 0.1) is 5.82 Å². The minimum absolute atomic E-state index is 0.0447. The van der Waals surface area contributed by atoms with E-state index < -0.39 is 34.7 Å². The summed E-state index contributed by atoms with van der Waals surface area (Å²) in [4.78, 5) is 39.5. The minimum Gasteiger partial charge on any atom is -0.378 e. The lowest BCUT2D eigenvalue weighted by molar-refractivity contribution is -0.138. The first-order valence-corrected chi connectivity index (χ1v) is 13.4. The van der Waals surface area contributed by atoms with Crippen LogP contribution in [0.2, 0.25) is 0 Å². The van der Waals surface area contributed by atoms with E-state index in [1.54, 1.807) is 0 Å². The first-order valence-electron chi connectivity index (χ1n) is 13.4. The number of carbonyl (C=O) groups excluding carboxylic acids is 1. The molecule has 3 aromatic rings. The number of halogens is 4. The molecule has 42 heavy (non-hydrogen) atoms. The third-order valence-corrected chi connectivity index (χ3v) is 7.61. The number of anilines is 3. The topological polar surface area (TPSA) is 120 Å². The number of H-pyrrole nitrogens is 1. The highest BCUT2D eigenvalue weighted by atomic mass is 19.4. The van der Waals surface area contributed by atoms with Gasteiger partial charge in [-0.25, -0.2) is 19.5 Å². The summed E-state index contributed by atoms with van der Waals surface area (Å²) >= 11 is 0. The van der Waals surface area contributed by atoms with Gasteiger partial charge in [0.1, 0.15) is 5.82 Å². The summed E-state index contributed by atoms with van der Waals surface area (Å²) in [6.07, 6.45) is -2.11. The zero-order valence-electron chi connectivity index (χ0n) is 23.2. The zero-order chi connectivity index (χ0) is 30.2. The average molecular weight is 591 g/mol. The Morgan fingerprint density at radius 1 is 1.05 bits per heavy atom. The third-order valence-electron chi connectivity index (χ3n) is 7.61. The maximum Gasteiger partial charge on any atom is 0.418 e. The summed E-state index contributed by atoms with van der Waals surface area (Å²) in [7, 11) is 1.97. The van der Waals surface area contributed by atoms with Gasteiger partial charge in [0.25, 0.3) is 11.5 Å². The van der Waals surface area contributed by atoms with Crippen LogP contribution >= 0.6 is 0 Å². The quantitative estimate of drug-likeness (QED) is 0.433. The van der Waals surface area contributed by atoms with Crippen molar-refractivity contribution in [1.29, 1.82) is 0 Å². The number of aromatic amines is 1. The third kappa shape index (κ3) is 6.06. The molecule has 4 heterocycles. The van der Waals surface area contributed by atoms with Gasteiger partial charge in [0.05, 0.1) is 30.2 Å². The van der Waals surface area contributed by atoms with Gasteiger partial charge in [-0.2, -0.15) is 18.3 Å². The second kappa shape index (κ2) is 11.6. The van der Waals surface area contributed by atoms with Crippen molar-refractivity contribution < 1.29 is 27.1 Å². The van der Waals surface area contributed by atoms with Crippen molar-refractivity contribution in [3.8, 4) is 11.1 Å². The number of rotatable bonds is 5. The second-order valence-corrected chi connectivity index (χ2v) is 10.4. The molecule has 2 atom stereocenters. The predicted molar refractivity (Wildman–Crippen MR) is 147 cm³/mol. The number of aromatic nitrogens is 4. The molecule has 2 aromatic heterocycles. The van der Waals surface area contributed by atoms with Gasteiger partial charge in [-0.05, 0) is 33.0 Å². The summed E-state index contributed by atoms with van der Waals surface area (Å²) in [6, 6.07) is 3.01. The fraction of sp³-hybridized carbons (Fsp3) is 0.444. The van der Waals surface area contributed by atoms with E-state index in [1.807, 2.05) is 35.8 Å². The fourth-order valence-corrected chi connectivity index (χ4v) is 5.11. The largest absolute Gasteiger partial charge is 0.418 e. The van der Waals surface area contributed by atoms with E-state index in [0.29, 0.717) is 56.6 Å². The van der Waals surface area contributed by atoms with Crippen LogP contribution in [-0.2, 0) is 10.9 Å². The number of amides is 1. The molecular weight excluding hydrogens is 560 g/mol. The van der Waals surface area contributed by atoms with Gasteiger partial charge < -0.3 is 19.9 Å². The highest BCUT2D eigenvalue weighted by molar-refractivity contribution is 6.06. The van der Waals surface area contributed by atoms with Gasteiger partial charge in [-0.1, -0.05) is 0 Å². The predicted octanol–water partition coefficient (Wildman–Crippen LogP) is 3.00. The van der Waals surface area contributed by atoms with Crippen LogP contribution in [0.5, 0.6) is 0 Å². The van der Waals surface area contributed by atoms with E-state index in [0.717, 1.165) is 0 Å². The normalized spacial score (nSPS) is 20.1. The van der Waals surface area contributed by atoms with Gasteiger partial charge in [0.15, 0.2) is 5.69 Å². The number of hydrogen-bond acceptors (Lipinski definition) is 9. The molecule has 15 heteroatoms. The van der Waals surface area contributed by atoms with Gasteiger partial charge in [0, 0.05) is 67.8 Å². The molecule has 2 fully saturated rings. The van der Waals surface area contributed by atoms with Crippen molar-refractivity contribution >= 4 is 23.2 Å². The SMILES string of the molecule is C[C@@H]1CN(c2cc(F)c(-c3cnc(N4CCOCC4)nc3)cc2NC(=O)c2n[nH]c(=O)cc2C(F)(F)F)C[C@H](C)N1C. The number of carbonyl (C=O) groups is 1. The first kappa shape index (κ1) is 29.4. The minimum atomic E-state index is -5.01. The lowest BCUT2D eigenvalue weighted by atomic mass is 10.0. The van der Waals surface area contributed by atoms with Crippen LogP contribution < -0.4 is 20.7 Å². The Bertz CT molecular complexity index is 1500. The monoisotopic (exact) mass is 590 g/mol. The maximum absolute atomic E-state index is 15.7. The van der Waals surface area contributed by atoms with Crippen LogP contribution in [0.3, 0.4) is 0 Å². The molecule has 2 saturated heterocycles. The van der Waals surface area contributed by atoms with Crippen LogP contribution in [0.25, 0.3) is 11.1 Å². The Morgan fingerprint density at radius 2 is 1.69 bits per heavy atom. The van der Waals surface area contributed by atoms with E-state index in [2.05, 4.69) is 25.3 Å². The van der Waals surface area contributed by atoms with Crippen molar-refractivity contribution in [1.82, 2.24) is 25.1 Å². The molecule has 11 nitrogen and oxygen atoms in total. The van der Waals surface area contributed by atoms with Crippen LogP contribution in [0.1, 0.15) is 29.9 Å². The second-order valence-electron chi connectivity index (χ2n) is 10.4. The van der Waals surface area contributed by atoms with Crippen LogP contribution in [0.15, 0.2) is 35.4 Å². The molecular formula is C27H30F4N8O3. The van der Waals surface area contributed by atoms with Gasteiger partial charge in [-0.15, -0.1) is 0 Å². The van der Waals surface area contributed by atoms with Crippen molar-refractivity contribution in [3.05, 3.63) is 58.0 Å². The number of nitrogens with one attached hydrogen (secondary N) is 2. The number of nitrogens with zero attached hydrogens (tertiary/aromatic N) is 6. The Kier molecular flexibility index (Phi) is 8.14.